The van der Waals surface area contributed by atoms with Crippen LogP contribution in [0.3, 0.4) is 0 Å². The van der Waals surface area contributed by atoms with Crippen LogP contribution in [0.1, 0.15) is 12.0 Å². The minimum atomic E-state index is -1.54. The fourth-order valence-electron chi connectivity index (χ4n) is 2.09. The van der Waals surface area contributed by atoms with Crippen LogP contribution in [-0.2, 0) is 14.4 Å². The largest absolute Gasteiger partial charge is 0.497 e. The van der Waals surface area contributed by atoms with Crippen molar-refractivity contribution < 1.29 is 29.3 Å². The number of methoxy groups -OCH3 is 1. The van der Waals surface area contributed by atoms with Gasteiger partial charge in [0.15, 0.2) is 0 Å². The molecule has 9 heteroatoms. The van der Waals surface area contributed by atoms with Crippen molar-refractivity contribution in [2.45, 2.75) is 12.5 Å². The van der Waals surface area contributed by atoms with Gasteiger partial charge in [0, 0.05) is 0 Å². The summed E-state index contributed by atoms with van der Waals surface area (Å²) in [5, 5.41) is 18.0. The predicted octanol–water partition coefficient (Wildman–Crippen LogP) is 1.82. The standard InChI is InChI=1S/C15H13NO6S2/c1-22-9-4-2-3-8(5-9)6-11-13(19)16(15(23)24-11)10(14(20)21)7-12(17)18/h2-6,10H,7H2,1H3,(H,17,18)(H,20,21)/b11-6+/t10-/m0/s1. The van der Waals surface area contributed by atoms with E-state index in [4.69, 9.17) is 22.1 Å². The number of amides is 1. The van der Waals surface area contributed by atoms with Gasteiger partial charge in [0.25, 0.3) is 5.91 Å². The molecule has 0 bridgehead atoms. The summed E-state index contributed by atoms with van der Waals surface area (Å²) in [7, 11) is 1.52. The van der Waals surface area contributed by atoms with Gasteiger partial charge in [0.1, 0.15) is 16.1 Å². The molecule has 0 aromatic heterocycles. The van der Waals surface area contributed by atoms with Crippen molar-refractivity contribution in [2.24, 2.45) is 0 Å². The van der Waals surface area contributed by atoms with Crippen molar-refractivity contribution in [1.82, 2.24) is 4.90 Å². The number of carboxylic acid groups (broad SMARTS) is 2. The number of benzene rings is 1. The molecule has 1 atom stereocenters. The summed E-state index contributed by atoms with van der Waals surface area (Å²) in [6.45, 7) is 0. The third-order valence-electron chi connectivity index (χ3n) is 3.18. The number of rotatable bonds is 6. The molecule has 0 saturated carbocycles. The zero-order valence-corrected chi connectivity index (χ0v) is 14.1. The van der Waals surface area contributed by atoms with E-state index >= 15 is 0 Å². The molecule has 1 aliphatic rings. The molecular formula is C15H13NO6S2. The molecule has 1 fully saturated rings. The lowest BCUT2D eigenvalue weighted by molar-refractivity contribution is -0.150. The van der Waals surface area contributed by atoms with Crippen LogP contribution in [0.4, 0.5) is 0 Å². The number of carbonyl (C=O) groups excluding carboxylic acids is 1. The number of carbonyl (C=O) groups is 3. The SMILES string of the molecule is COc1cccc(/C=C2/SC(=S)N([C@@H](CC(=O)O)C(=O)O)C2=O)c1. The van der Waals surface area contributed by atoms with Crippen LogP contribution in [0, 0.1) is 0 Å². The molecule has 0 aliphatic carbocycles. The first-order chi connectivity index (χ1) is 11.3. The minimum Gasteiger partial charge on any atom is -0.497 e. The monoisotopic (exact) mass is 367 g/mol. The number of aliphatic carboxylic acids is 2. The first-order valence-electron chi connectivity index (χ1n) is 6.69. The first-order valence-corrected chi connectivity index (χ1v) is 7.91. The summed E-state index contributed by atoms with van der Waals surface area (Å²) in [5.74, 6) is -2.76. The molecule has 1 saturated heterocycles. The van der Waals surface area contributed by atoms with Crippen molar-refractivity contribution in [1.29, 1.82) is 0 Å². The van der Waals surface area contributed by atoms with Crippen LogP contribution in [0.15, 0.2) is 29.2 Å². The minimum absolute atomic E-state index is 0.0165. The van der Waals surface area contributed by atoms with Gasteiger partial charge in [0.05, 0.1) is 18.4 Å². The Morgan fingerprint density at radius 2 is 2.12 bits per heavy atom. The maximum Gasteiger partial charge on any atom is 0.327 e. The van der Waals surface area contributed by atoms with Crippen LogP contribution in [0.25, 0.3) is 6.08 Å². The summed E-state index contributed by atoms with van der Waals surface area (Å²) in [5.41, 5.74) is 0.681. The molecule has 2 N–H and O–H groups in total. The zero-order chi connectivity index (χ0) is 17.9. The van der Waals surface area contributed by atoms with Crippen molar-refractivity contribution in [3.63, 3.8) is 0 Å². The van der Waals surface area contributed by atoms with E-state index in [0.29, 0.717) is 11.3 Å². The summed E-state index contributed by atoms with van der Waals surface area (Å²) >= 11 is 5.99. The van der Waals surface area contributed by atoms with Gasteiger partial charge in [-0.05, 0) is 23.8 Å². The summed E-state index contributed by atoms with van der Waals surface area (Å²) in [6, 6.07) is 5.41. The summed E-state index contributed by atoms with van der Waals surface area (Å²) in [4.78, 5) is 35.7. The van der Waals surface area contributed by atoms with Crippen LogP contribution in [-0.4, -0.2) is 50.4 Å². The molecule has 24 heavy (non-hydrogen) atoms. The molecule has 1 heterocycles. The van der Waals surface area contributed by atoms with Crippen LogP contribution in [0.2, 0.25) is 0 Å². The summed E-state index contributed by atoms with van der Waals surface area (Å²) < 4.78 is 5.12. The Hall–Kier alpha value is -2.39. The molecule has 1 amide bonds. The number of hydrogen-bond donors (Lipinski definition) is 2. The van der Waals surface area contributed by atoms with Crippen LogP contribution < -0.4 is 4.74 Å². The van der Waals surface area contributed by atoms with Gasteiger partial charge >= 0.3 is 11.9 Å². The Bertz CT molecular complexity index is 745. The highest BCUT2D eigenvalue weighted by molar-refractivity contribution is 8.26. The molecule has 1 aromatic carbocycles. The third kappa shape index (κ3) is 3.92. The van der Waals surface area contributed by atoms with E-state index in [9.17, 15) is 19.5 Å². The number of nitrogens with zero attached hydrogens (tertiary/aromatic N) is 1. The van der Waals surface area contributed by atoms with E-state index in [1.54, 1.807) is 30.3 Å². The van der Waals surface area contributed by atoms with Gasteiger partial charge in [-0.2, -0.15) is 0 Å². The lowest BCUT2D eigenvalue weighted by Crippen LogP contribution is -2.45. The second-order valence-electron chi connectivity index (χ2n) is 4.78. The van der Waals surface area contributed by atoms with Crippen LogP contribution in [0.5, 0.6) is 5.75 Å². The van der Waals surface area contributed by atoms with Gasteiger partial charge in [-0.1, -0.05) is 36.1 Å². The maximum atomic E-state index is 12.5. The van der Waals surface area contributed by atoms with Crippen molar-refractivity contribution in [3.8, 4) is 5.75 Å². The molecule has 0 spiro atoms. The second-order valence-corrected chi connectivity index (χ2v) is 6.46. The number of thioether (sulfide) groups is 1. The molecule has 1 aromatic rings. The average molecular weight is 367 g/mol. The van der Waals surface area contributed by atoms with E-state index in [2.05, 4.69) is 0 Å². The van der Waals surface area contributed by atoms with Gasteiger partial charge in [-0.3, -0.25) is 14.5 Å². The Kier molecular flexibility index (Phi) is 5.58. The number of carboxylic acids is 2. The highest BCUT2D eigenvalue weighted by atomic mass is 32.2. The van der Waals surface area contributed by atoms with E-state index in [0.717, 1.165) is 16.7 Å². The van der Waals surface area contributed by atoms with Gasteiger partial charge < -0.3 is 14.9 Å². The van der Waals surface area contributed by atoms with Gasteiger partial charge in [-0.15, -0.1) is 0 Å². The molecular weight excluding hydrogens is 354 g/mol. The average Bonchev–Trinajstić information content (AvgIpc) is 2.79. The smallest absolute Gasteiger partial charge is 0.327 e. The van der Waals surface area contributed by atoms with Crippen LogP contribution >= 0.6 is 24.0 Å². The topological polar surface area (TPSA) is 104 Å². The third-order valence-corrected chi connectivity index (χ3v) is 4.51. The van der Waals surface area contributed by atoms with Gasteiger partial charge in [0.2, 0.25) is 0 Å². The molecule has 0 unspecified atom stereocenters. The maximum absolute atomic E-state index is 12.5. The Balaban J connectivity index is 2.31. The molecule has 7 nitrogen and oxygen atoms in total. The highest BCUT2D eigenvalue weighted by Gasteiger charge is 2.41. The number of thiocarbonyl (C=S) groups is 1. The first kappa shape index (κ1) is 18.0. The highest BCUT2D eigenvalue weighted by Crippen LogP contribution is 2.35. The predicted molar refractivity (Wildman–Crippen MR) is 91.7 cm³/mol. The van der Waals surface area contributed by atoms with Gasteiger partial charge in [-0.25, -0.2) is 4.79 Å². The Labute approximate surface area is 146 Å². The van der Waals surface area contributed by atoms with Crippen molar-refractivity contribution >= 4 is 52.2 Å². The van der Waals surface area contributed by atoms with Crippen molar-refractivity contribution in [3.05, 3.63) is 34.7 Å². The van der Waals surface area contributed by atoms with E-state index in [1.807, 2.05) is 0 Å². The molecule has 0 radical (unpaired) electrons. The Morgan fingerprint density at radius 1 is 1.42 bits per heavy atom. The lowest BCUT2D eigenvalue weighted by atomic mass is 10.1. The van der Waals surface area contributed by atoms with Crippen molar-refractivity contribution in [2.75, 3.05) is 7.11 Å². The zero-order valence-electron chi connectivity index (χ0n) is 12.5. The van der Waals surface area contributed by atoms with E-state index in [1.165, 1.54) is 7.11 Å². The fraction of sp³-hybridized carbons (Fsp3) is 0.200. The van der Waals surface area contributed by atoms with E-state index < -0.39 is 30.3 Å². The number of hydrogen-bond acceptors (Lipinski definition) is 6. The quantitative estimate of drug-likeness (QED) is 0.580. The summed E-state index contributed by atoms with van der Waals surface area (Å²) in [6.07, 6.45) is 0.829. The fourth-order valence-corrected chi connectivity index (χ4v) is 3.44. The van der Waals surface area contributed by atoms with E-state index in [-0.39, 0.29) is 9.23 Å². The molecule has 1 aliphatic heterocycles. The lowest BCUT2D eigenvalue weighted by Gasteiger charge is -2.21. The number of ether oxygens (including phenoxy) is 1. The molecule has 126 valence electrons. The normalized spacial score (nSPS) is 17.2. The second kappa shape index (κ2) is 7.45. The Morgan fingerprint density at radius 3 is 2.71 bits per heavy atom. The molecule has 2 rings (SSSR count).